The lowest BCUT2D eigenvalue weighted by Crippen LogP contribution is -2.61. The van der Waals surface area contributed by atoms with Crippen LogP contribution in [0.5, 0.6) is 0 Å². The molecule has 0 atom stereocenters. The van der Waals surface area contributed by atoms with Gasteiger partial charge in [-0.25, -0.2) is 8.78 Å². The summed E-state index contributed by atoms with van der Waals surface area (Å²) in [5.74, 6) is -3.25. The first-order valence-electron chi connectivity index (χ1n) is 12.0. The Hall–Kier alpha value is -1.34. The highest BCUT2D eigenvalue weighted by Gasteiger charge is 2.48. The van der Waals surface area contributed by atoms with Gasteiger partial charge in [0.15, 0.2) is 5.78 Å². The normalized spacial score (nSPS) is 23.8. The van der Waals surface area contributed by atoms with Crippen LogP contribution in [-0.2, 0) is 16.4 Å². The summed E-state index contributed by atoms with van der Waals surface area (Å²) < 4.78 is 95.1. The second kappa shape index (κ2) is 10.1. The minimum absolute atomic E-state index is 0.0357. The largest absolute Gasteiger partial charge is 0.416 e. The third-order valence-electron chi connectivity index (χ3n) is 7.70. The maximum Gasteiger partial charge on any atom is 0.416 e. The average molecular weight is 558 g/mol. The first-order chi connectivity index (χ1) is 16.7. The molecule has 2 saturated heterocycles. The third kappa shape index (κ3) is 5.72. The summed E-state index contributed by atoms with van der Waals surface area (Å²) in [5.41, 5.74) is -1.71. The van der Waals surface area contributed by atoms with Gasteiger partial charge in [-0.15, -0.1) is 0 Å². The van der Waals surface area contributed by atoms with Crippen LogP contribution in [0.15, 0.2) is 18.2 Å². The number of Topliss-reactive ketones (excluding diaryl/α,β-unsaturated/α-hetero) is 1. The second-order valence-electron chi connectivity index (χ2n) is 9.84. The molecule has 0 unspecified atom stereocenters. The fourth-order valence-corrected chi connectivity index (χ4v) is 7.24. The highest BCUT2D eigenvalue weighted by molar-refractivity contribution is 7.86. The van der Waals surface area contributed by atoms with Crippen molar-refractivity contribution >= 4 is 27.6 Å². The summed E-state index contributed by atoms with van der Waals surface area (Å²) in [6.07, 6.45) is -3.98. The van der Waals surface area contributed by atoms with Crippen molar-refractivity contribution in [3.05, 3.63) is 34.3 Å². The summed E-state index contributed by atoms with van der Waals surface area (Å²) in [7, 11) is -3.53. The Balaban J connectivity index is 1.46. The summed E-state index contributed by atoms with van der Waals surface area (Å²) in [6, 6.07) is 2.56. The number of nitrogens with zero attached hydrogens (tertiary/aromatic N) is 3. The van der Waals surface area contributed by atoms with Gasteiger partial charge < -0.3 is 0 Å². The summed E-state index contributed by atoms with van der Waals surface area (Å²) >= 11 is 5.98. The lowest BCUT2D eigenvalue weighted by atomic mass is 9.74. The van der Waals surface area contributed by atoms with Crippen molar-refractivity contribution in [3.63, 3.8) is 0 Å². The van der Waals surface area contributed by atoms with Crippen molar-refractivity contribution in [1.29, 1.82) is 0 Å². The van der Waals surface area contributed by atoms with Crippen molar-refractivity contribution in [2.24, 2.45) is 0 Å². The predicted molar refractivity (Wildman–Crippen MR) is 124 cm³/mol. The van der Waals surface area contributed by atoms with Crippen LogP contribution in [0.1, 0.15) is 60.9 Å². The number of alkyl halides is 5. The van der Waals surface area contributed by atoms with Gasteiger partial charge >= 0.3 is 6.18 Å². The molecule has 6 nitrogen and oxygen atoms in total. The molecule has 4 rings (SSSR count). The fraction of sp³-hybridized carbons (Fsp3) is 0.696. The third-order valence-corrected chi connectivity index (χ3v) is 10.1. The van der Waals surface area contributed by atoms with Gasteiger partial charge in [-0.1, -0.05) is 11.6 Å². The molecule has 2 aliphatic heterocycles. The number of carbonyl (C=O) groups is 1. The molecule has 1 aromatic carbocycles. The monoisotopic (exact) mass is 557 g/mol. The Morgan fingerprint density at radius 1 is 0.944 bits per heavy atom. The molecule has 0 radical (unpaired) electrons. The van der Waals surface area contributed by atoms with Crippen LogP contribution in [0.25, 0.3) is 0 Å². The van der Waals surface area contributed by atoms with E-state index >= 15 is 0 Å². The number of halogens is 6. The molecule has 3 fully saturated rings. The van der Waals surface area contributed by atoms with E-state index in [-0.39, 0.29) is 62.2 Å². The van der Waals surface area contributed by atoms with Gasteiger partial charge in [-0.05, 0) is 43.9 Å². The first kappa shape index (κ1) is 27.7. The van der Waals surface area contributed by atoms with Gasteiger partial charge in [0, 0.05) is 69.6 Å². The van der Waals surface area contributed by atoms with Gasteiger partial charge in [-0.3, -0.25) is 9.69 Å². The predicted octanol–water partition coefficient (Wildman–Crippen LogP) is 4.84. The lowest BCUT2D eigenvalue weighted by molar-refractivity contribution is -0.137. The Kier molecular flexibility index (Phi) is 7.76. The Morgan fingerprint density at radius 2 is 1.53 bits per heavy atom. The Morgan fingerprint density at radius 3 is 2.03 bits per heavy atom. The van der Waals surface area contributed by atoms with Gasteiger partial charge in [0.2, 0.25) is 5.92 Å². The highest BCUT2D eigenvalue weighted by atomic mass is 35.5. The van der Waals surface area contributed by atoms with E-state index in [1.807, 2.05) is 4.90 Å². The van der Waals surface area contributed by atoms with Gasteiger partial charge in [0.1, 0.15) is 0 Å². The molecule has 36 heavy (non-hydrogen) atoms. The SMILES string of the molecule is O=C(CCC1(N2CCN(S(=O)(=O)N3CCC3)CC2)CCC(F)(F)CC1)c1ccc(C(F)(F)F)cc1Cl. The van der Waals surface area contributed by atoms with E-state index in [0.29, 0.717) is 32.2 Å². The van der Waals surface area contributed by atoms with E-state index < -0.39 is 39.2 Å². The Labute approximate surface area is 212 Å². The van der Waals surface area contributed by atoms with Crippen LogP contribution in [0, 0.1) is 0 Å². The fourth-order valence-electron chi connectivity index (χ4n) is 5.28. The van der Waals surface area contributed by atoms with Gasteiger partial charge in [-0.2, -0.15) is 30.2 Å². The summed E-state index contributed by atoms with van der Waals surface area (Å²) in [4.78, 5) is 14.9. The standard InChI is InChI=1S/C23H29ClF5N3O3S/c24-19-16-17(23(27,28)29)2-3-18(19)20(33)4-5-21(6-8-22(25,26)9-7-21)30-12-14-32(15-13-30)36(34,35)31-10-1-11-31/h2-3,16H,1,4-15H2. The zero-order valence-electron chi connectivity index (χ0n) is 19.7. The lowest BCUT2D eigenvalue weighted by Gasteiger charge is -2.51. The zero-order chi connectivity index (χ0) is 26.4. The molecule has 0 amide bonds. The second-order valence-corrected chi connectivity index (χ2v) is 12.2. The van der Waals surface area contributed by atoms with E-state index in [2.05, 4.69) is 0 Å². The number of rotatable bonds is 7. The van der Waals surface area contributed by atoms with Crippen molar-refractivity contribution in [2.75, 3.05) is 39.3 Å². The van der Waals surface area contributed by atoms with Crippen molar-refractivity contribution in [3.8, 4) is 0 Å². The maximum absolute atomic E-state index is 14.0. The van der Waals surface area contributed by atoms with Crippen molar-refractivity contribution in [1.82, 2.24) is 13.5 Å². The van der Waals surface area contributed by atoms with Crippen molar-refractivity contribution < 1.29 is 35.2 Å². The Bertz CT molecular complexity index is 1080. The van der Waals surface area contributed by atoms with Crippen LogP contribution < -0.4 is 0 Å². The van der Waals surface area contributed by atoms with Gasteiger partial charge in [0.25, 0.3) is 10.2 Å². The zero-order valence-corrected chi connectivity index (χ0v) is 21.2. The number of hydrogen-bond acceptors (Lipinski definition) is 4. The molecular weight excluding hydrogens is 529 g/mol. The smallest absolute Gasteiger partial charge is 0.295 e. The molecule has 13 heteroatoms. The first-order valence-corrected chi connectivity index (χ1v) is 13.8. The minimum Gasteiger partial charge on any atom is -0.295 e. The van der Waals surface area contributed by atoms with Crippen LogP contribution in [0.4, 0.5) is 22.0 Å². The molecule has 0 aromatic heterocycles. The number of benzene rings is 1. The molecule has 3 aliphatic rings. The van der Waals surface area contributed by atoms with Crippen LogP contribution >= 0.6 is 11.6 Å². The van der Waals surface area contributed by atoms with E-state index in [4.69, 9.17) is 11.6 Å². The summed E-state index contributed by atoms with van der Waals surface area (Å²) in [5, 5.41) is -0.302. The molecule has 202 valence electrons. The molecule has 1 aliphatic carbocycles. The van der Waals surface area contributed by atoms with Crippen LogP contribution in [0.2, 0.25) is 5.02 Å². The molecule has 0 N–H and O–H groups in total. The highest BCUT2D eigenvalue weighted by Crippen LogP contribution is 2.45. The number of ketones is 1. The molecule has 1 saturated carbocycles. The van der Waals surface area contributed by atoms with Crippen molar-refractivity contribution in [2.45, 2.75) is 62.6 Å². The molecule has 0 bridgehead atoms. The number of piperazine rings is 1. The number of hydrogen-bond donors (Lipinski definition) is 0. The summed E-state index contributed by atoms with van der Waals surface area (Å²) in [6.45, 7) is 2.17. The topological polar surface area (TPSA) is 60.9 Å². The van der Waals surface area contributed by atoms with E-state index in [1.165, 1.54) is 8.61 Å². The van der Waals surface area contributed by atoms with E-state index in [1.54, 1.807) is 0 Å². The quantitative estimate of drug-likeness (QED) is 0.356. The minimum atomic E-state index is -4.59. The van der Waals surface area contributed by atoms with Crippen LogP contribution in [0.3, 0.4) is 0 Å². The maximum atomic E-state index is 14.0. The molecule has 0 spiro atoms. The molecular formula is C23H29ClF5N3O3S. The van der Waals surface area contributed by atoms with E-state index in [0.717, 1.165) is 18.6 Å². The van der Waals surface area contributed by atoms with E-state index in [9.17, 15) is 35.2 Å². The van der Waals surface area contributed by atoms with Gasteiger partial charge in [0.05, 0.1) is 10.6 Å². The van der Waals surface area contributed by atoms with Crippen LogP contribution in [-0.4, -0.2) is 78.4 Å². The average Bonchev–Trinajstić information content (AvgIpc) is 2.76. The number of carbonyl (C=O) groups excluding carboxylic acids is 1. The molecule has 2 heterocycles. The molecule has 1 aromatic rings.